The van der Waals surface area contributed by atoms with Gasteiger partial charge in [0.2, 0.25) is 11.9 Å². The van der Waals surface area contributed by atoms with Crippen LogP contribution in [0.5, 0.6) is 0 Å². The first-order valence-electron chi connectivity index (χ1n) is 10.4. The van der Waals surface area contributed by atoms with E-state index >= 15 is 0 Å². The number of anilines is 2. The molecule has 0 radical (unpaired) electrons. The number of hydrogen-bond acceptors (Lipinski definition) is 3. The van der Waals surface area contributed by atoms with Gasteiger partial charge in [-0.25, -0.2) is 4.98 Å². The van der Waals surface area contributed by atoms with Crippen LogP contribution in [-0.4, -0.2) is 27.9 Å². The fourth-order valence-electron chi connectivity index (χ4n) is 4.11. The molecule has 1 aliphatic rings. The van der Waals surface area contributed by atoms with Crippen molar-refractivity contribution in [2.24, 2.45) is 0 Å². The van der Waals surface area contributed by atoms with Gasteiger partial charge in [-0.15, -0.1) is 0 Å². The van der Waals surface area contributed by atoms with E-state index in [0.29, 0.717) is 24.5 Å². The van der Waals surface area contributed by atoms with E-state index in [2.05, 4.69) is 10.3 Å². The standard InChI is InChI=1S/C25H22N4O2/c1-2-23(30)28-15-14-17-16-18(12-13-21(17)28)24(31)27-25-26-20-10-6-7-11-22(20)29(25)19-8-4-3-5-9-19/h3-13,16H,2,14-15H2,1H3,(H,26,27,31). The third-order valence-electron chi connectivity index (χ3n) is 5.64. The van der Waals surface area contributed by atoms with Crippen LogP contribution in [0.3, 0.4) is 0 Å². The highest BCUT2D eigenvalue weighted by Gasteiger charge is 2.25. The molecular formula is C25H22N4O2. The van der Waals surface area contributed by atoms with Crippen LogP contribution in [0.15, 0.2) is 72.8 Å². The quantitative estimate of drug-likeness (QED) is 0.536. The molecule has 1 aliphatic heterocycles. The number of benzene rings is 3. The van der Waals surface area contributed by atoms with Crippen molar-refractivity contribution >= 4 is 34.5 Å². The molecule has 1 N–H and O–H groups in total. The molecule has 1 aromatic heterocycles. The van der Waals surface area contributed by atoms with Crippen LogP contribution in [0.25, 0.3) is 16.7 Å². The zero-order chi connectivity index (χ0) is 21.4. The van der Waals surface area contributed by atoms with Crippen LogP contribution in [0.4, 0.5) is 11.6 Å². The van der Waals surface area contributed by atoms with Crippen molar-refractivity contribution < 1.29 is 9.59 Å². The van der Waals surface area contributed by atoms with Gasteiger partial charge in [-0.05, 0) is 54.4 Å². The summed E-state index contributed by atoms with van der Waals surface area (Å²) < 4.78 is 1.95. The van der Waals surface area contributed by atoms with Gasteiger partial charge in [0.15, 0.2) is 0 Å². The zero-order valence-electron chi connectivity index (χ0n) is 17.2. The minimum Gasteiger partial charge on any atom is -0.312 e. The van der Waals surface area contributed by atoms with E-state index in [1.807, 2.05) is 78.2 Å². The molecule has 154 valence electrons. The second-order valence-corrected chi connectivity index (χ2v) is 7.54. The van der Waals surface area contributed by atoms with E-state index in [-0.39, 0.29) is 11.8 Å². The molecule has 3 aromatic carbocycles. The first kappa shape index (κ1) is 19.1. The lowest BCUT2D eigenvalue weighted by molar-refractivity contribution is -0.118. The Bertz CT molecular complexity index is 1290. The van der Waals surface area contributed by atoms with Gasteiger partial charge in [0.1, 0.15) is 0 Å². The fraction of sp³-hybridized carbons (Fsp3) is 0.160. The molecule has 6 heteroatoms. The number of nitrogens with one attached hydrogen (secondary N) is 1. The third-order valence-corrected chi connectivity index (χ3v) is 5.64. The van der Waals surface area contributed by atoms with E-state index in [1.54, 1.807) is 11.0 Å². The summed E-state index contributed by atoms with van der Waals surface area (Å²) >= 11 is 0. The first-order chi connectivity index (χ1) is 15.2. The lowest BCUT2D eigenvalue weighted by atomic mass is 10.1. The molecule has 2 amide bonds. The molecule has 31 heavy (non-hydrogen) atoms. The molecule has 0 saturated heterocycles. The van der Waals surface area contributed by atoms with Crippen LogP contribution in [0.2, 0.25) is 0 Å². The average Bonchev–Trinajstić information content (AvgIpc) is 3.39. The monoisotopic (exact) mass is 410 g/mol. The number of carbonyl (C=O) groups is 2. The Morgan fingerprint density at radius 2 is 1.77 bits per heavy atom. The number of imidazole rings is 1. The van der Waals surface area contributed by atoms with Crippen molar-refractivity contribution in [3.8, 4) is 5.69 Å². The summed E-state index contributed by atoms with van der Waals surface area (Å²) in [7, 11) is 0. The van der Waals surface area contributed by atoms with Gasteiger partial charge in [-0.1, -0.05) is 37.3 Å². The minimum absolute atomic E-state index is 0.104. The Balaban J connectivity index is 1.49. The van der Waals surface area contributed by atoms with E-state index in [9.17, 15) is 9.59 Å². The van der Waals surface area contributed by atoms with Gasteiger partial charge in [0.25, 0.3) is 5.91 Å². The molecule has 0 fully saturated rings. The largest absolute Gasteiger partial charge is 0.312 e. The summed E-state index contributed by atoms with van der Waals surface area (Å²) in [6, 6.07) is 23.2. The molecular weight excluding hydrogens is 388 g/mol. The molecule has 0 bridgehead atoms. The molecule has 0 unspecified atom stereocenters. The maximum Gasteiger partial charge on any atom is 0.257 e. The molecule has 5 rings (SSSR count). The van der Waals surface area contributed by atoms with E-state index < -0.39 is 0 Å². The van der Waals surface area contributed by atoms with Crippen molar-refractivity contribution in [3.63, 3.8) is 0 Å². The Morgan fingerprint density at radius 1 is 1.00 bits per heavy atom. The molecule has 0 aliphatic carbocycles. The molecule has 2 heterocycles. The summed E-state index contributed by atoms with van der Waals surface area (Å²) in [6.45, 7) is 2.53. The predicted octanol–water partition coefficient (Wildman–Crippen LogP) is 4.58. The Labute approximate surface area is 180 Å². The normalized spacial score (nSPS) is 12.7. The Morgan fingerprint density at radius 3 is 2.58 bits per heavy atom. The van der Waals surface area contributed by atoms with Gasteiger partial charge in [-0.3, -0.25) is 19.5 Å². The van der Waals surface area contributed by atoms with Crippen molar-refractivity contribution in [2.75, 3.05) is 16.8 Å². The number of fused-ring (bicyclic) bond motifs is 2. The highest BCUT2D eigenvalue weighted by atomic mass is 16.2. The van der Waals surface area contributed by atoms with Gasteiger partial charge >= 0.3 is 0 Å². The van der Waals surface area contributed by atoms with Crippen LogP contribution >= 0.6 is 0 Å². The van der Waals surface area contributed by atoms with Crippen LogP contribution < -0.4 is 10.2 Å². The summed E-state index contributed by atoms with van der Waals surface area (Å²) in [5.41, 5.74) is 5.13. The zero-order valence-corrected chi connectivity index (χ0v) is 17.2. The third kappa shape index (κ3) is 3.36. The number of para-hydroxylation sites is 3. The van der Waals surface area contributed by atoms with E-state index in [1.165, 1.54) is 0 Å². The number of nitrogens with zero attached hydrogens (tertiary/aromatic N) is 3. The second kappa shape index (κ2) is 7.72. The summed E-state index contributed by atoms with van der Waals surface area (Å²) in [5, 5.41) is 2.98. The molecule has 6 nitrogen and oxygen atoms in total. The van der Waals surface area contributed by atoms with Crippen molar-refractivity contribution in [2.45, 2.75) is 19.8 Å². The molecule has 0 spiro atoms. The smallest absolute Gasteiger partial charge is 0.257 e. The predicted molar refractivity (Wildman–Crippen MR) is 122 cm³/mol. The maximum atomic E-state index is 13.1. The number of hydrogen-bond donors (Lipinski definition) is 1. The lowest BCUT2D eigenvalue weighted by Crippen LogP contribution is -2.27. The SMILES string of the molecule is CCC(=O)N1CCc2cc(C(=O)Nc3nc4ccccc4n3-c3ccccc3)ccc21. The topological polar surface area (TPSA) is 67.2 Å². The Kier molecular flexibility index (Phi) is 4.75. The first-order valence-corrected chi connectivity index (χ1v) is 10.4. The summed E-state index contributed by atoms with van der Waals surface area (Å²) in [6.07, 6.45) is 1.22. The maximum absolute atomic E-state index is 13.1. The van der Waals surface area contributed by atoms with Gasteiger partial charge in [-0.2, -0.15) is 0 Å². The lowest BCUT2D eigenvalue weighted by Gasteiger charge is -2.16. The van der Waals surface area contributed by atoms with Crippen LogP contribution in [0.1, 0.15) is 29.3 Å². The minimum atomic E-state index is -0.226. The van der Waals surface area contributed by atoms with E-state index in [0.717, 1.165) is 34.4 Å². The average molecular weight is 410 g/mol. The number of amides is 2. The van der Waals surface area contributed by atoms with Crippen molar-refractivity contribution in [1.29, 1.82) is 0 Å². The van der Waals surface area contributed by atoms with Gasteiger partial charge < -0.3 is 4.90 Å². The molecule has 4 aromatic rings. The van der Waals surface area contributed by atoms with Crippen molar-refractivity contribution in [1.82, 2.24) is 9.55 Å². The van der Waals surface area contributed by atoms with Gasteiger partial charge in [0.05, 0.1) is 11.0 Å². The van der Waals surface area contributed by atoms with Crippen molar-refractivity contribution in [3.05, 3.63) is 83.9 Å². The fourth-order valence-corrected chi connectivity index (χ4v) is 4.11. The summed E-state index contributed by atoms with van der Waals surface area (Å²) in [4.78, 5) is 31.7. The van der Waals surface area contributed by atoms with Gasteiger partial charge in [0, 0.05) is 29.9 Å². The Hall–Kier alpha value is -3.93. The molecule has 0 atom stereocenters. The highest BCUT2D eigenvalue weighted by molar-refractivity contribution is 6.05. The van der Waals surface area contributed by atoms with Crippen LogP contribution in [0, 0.1) is 0 Å². The molecule has 0 saturated carbocycles. The number of rotatable bonds is 4. The van der Waals surface area contributed by atoms with Crippen LogP contribution in [-0.2, 0) is 11.2 Å². The second-order valence-electron chi connectivity index (χ2n) is 7.54. The summed E-state index contributed by atoms with van der Waals surface area (Å²) in [5.74, 6) is 0.351. The highest BCUT2D eigenvalue weighted by Crippen LogP contribution is 2.30. The van der Waals surface area contributed by atoms with E-state index in [4.69, 9.17) is 0 Å². The number of aromatic nitrogens is 2. The number of carbonyl (C=O) groups excluding carboxylic acids is 2.